The molecule has 130 valence electrons. The van der Waals surface area contributed by atoms with Crippen LogP contribution in [-0.4, -0.2) is 68.1 Å². The maximum absolute atomic E-state index is 12.0. The third kappa shape index (κ3) is 2.79. The molecule has 0 radical (unpaired) electrons. The maximum atomic E-state index is 12.0. The minimum Gasteiger partial charge on any atom is -0.380 e. The second-order valence-corrected chi connectivity index (χ2v) is 8.26. The van der Waals surface area contributed by atoms with Crippen LogP contribution in [0.4, 0.5) is 5.69 Å². The molecule has 0 aromatic heterocycles. The van der Waals surface area contributed by atoms with Crippen LogP contribution in [0.1, 0.15) is 23.2 Å². The summed E-state index contributed by atoms with van der Waals surface area (Å²) in [5.41, 5.74) is 2.19. The summed E-state index contributed by atoms with van der Waals surface area (Å²) in [4.78, 5) is 16.1. The van der Waals surface area contributed by atoms with Crippen LogP contribution in [0.5, 0.6) is 0 Å². The number of halogens is 1. The van der Waals surface area contributed by atoms with Gasteiger partial charge < -0.3 is 15.5 Å². The van der Waals surface area contributed by atoms with Crippen molar-refractivity contribution in [2.75, 3.05) is 45.6 Å². The van der Waals surface area contributed by atoms with Crippen molar-refractivity contribution in [1.29, 1.82) is 0 Å². The highest BCUT2D eigenvalue weighted by molar-refractivity contribution is 6.34. The van der Waals surface area contributed by atoms with Gasteiger partial charge >= 0.3 is 0 Å². The summed E-state index contributed by atoms with van der Waals surface area (Å²) in [6, 6.07) is 6.88. The minimum absolute atomic E-state index is 0.0641. The monoisotopic (exact) mass is 348 g/mol. The molecule has 6 heteroatoms. The highest BCUT2D eigenvalue weighted by Crippen LogP contribution is 2.47. The molecule has 1 aromatic rings. The van der Waals surface area contributed by atoms with Crippen molar-refractivity contribution in [3.05, 3.63) is 28.8 Å². The smallest absolute Gasteiger partial charge is 0.254 e. The predicted octanol–water partition coefficient (Wildman–Crippen LogP) is 1.89. The molecule has 2 aliphatic heterocycles. The number of amides is 1. The van der Waals surface area contributed by atoms with E-state index in [1.165, 1.54) is 25.9 Å². The molecule has 3 fully saturated rings. The molecule has 1 spiro atoms. The lowest BCUT2D eigenvalue weighted by Gasteiger charge is -2.60. The lowest BCUT2D eigenvalue weighted by Crippen LogP contribution is -2.69. The molecule has 2 N–H and O–H groups in total. The summed E-state index contributed by atoms with van der Waals surface area (Å²) in [6.07, 6.45) is 2.72. The first kappa shape index (κ1) is 16.2. The van der Waals surface area contributed by atoms with E-state index in [1.54, 1.807) is 19.0 Å². The average Bonchev–Trinajstić information content (AvgIpc) is 2.40. The van der Waals surface area contributed by atoms with Crippen LogP contribution in [-0.2, 0) is 0 Å². The number of hydrogen-bond donors (Lipinski definition) is 2. The molecule has 1 aliphatic carbocycles. The maximum Gasteiger partial charge on any atom is 0.254 e. The summed E-state index contributed by atoms with van der Waals surface area (Å²) < 4.78 is 0. The van der Waals surface area contributed by atoms with Crippen LogP contribution in [0.3, 0.4) is 0 Å². The van der Waals surface area contributed by atoms with Gasteiger partial charge in [0, 0.05) is 52.0 Å². The van der Waals surface area contributed by atoms with Gasteiger partial charge in [0.25, 0.3) is 5.91 Å². The average molecular weight is 349 g/mol. The molecule has 2 saturated heterocycles. The molecule has 1 saturated carbocycles. The summed E-state index contributed by atoms with van der Waals surface area (Å²) in [7, 11) is 3.47. The quantitative estimate of drug-likeness (QED) is 0.872. The van der Waals surface area contributed by atoms with Crippen molar-refractivity contribution in [3.8, 4) is 0 Å². The number of nitrogens with one attached hydrogen (secondary N) is 2. The molecule has 0 atom stereocenters. The molecule has 5 nitrogen and oxygen atoms in total. The van der Waals surface area contributed by atoms with Gasteiger partial charge in [-0.3, -0.25) is 9.69 Å². The molecular formula is C18H25ClN4O. The standard InChI is InChI=1S/C18H25ClN4O/c1-22(2)17(24)15-4-3-12(5-16(15)19)21-13-8-23(9-13)14-6-18(7-14)10-20-11-18/h3-5,13-14,20-21H,6-11H2,1-2H3. The van der Waals surface area contributed by atoms with E-state index in [0.717, 1.165) is 24.8 Å². The van der Waals surface area contributed by atoms with Crippen LogP contribution >= 0.6 is 11.6 Å². The Kier molecular flexibility index (Phi) is 3.98. The summed E-state index contributed by atoms with van der Waals surface area (Å²) in [5, 5.41) is 7.44. The zero-order valence-electron chi connectivity index (χ0n) is 14.3. The van der Waals surface area contributed by atoms with Gasteiger partial charge in [0.1, 0.15) is 0 Å². The Hall–Kier alpha value is -1.30. The number of rotatable bonds is 4. The Morgan fingerprint density at radius 1 is 1.33 bits per heavy atom. The zero-order chi connectivity index (χ0) is 16.9. The van der Waals surface area contributed by atoms with Gasteiger partial charge in [-0.2, -0.15) is 0 Å². The van der Waals surface area contributed by atoms with Crippen LogP contribution in [0.2, 0.25) is 5.02 Å². The lowest BCUT2D eigenvalue weighted by molar-refractivity contribution is -0.0609. The van der Waals surface area contributed by atoms with Crippen LogP contribution in [0.15, 0.2) is 18.2 Å². The number of carbonyl (C=O) groups excluding carboxylic acids is 1. The Bertz CT molecular complexity index is 644. The van der Waals surface area contributed by atoms with E-state index in [-0.39, 0.29) is 5.91 Å². The van der Waals surface area contributed by atoms with Crippen LogP contribution in [0, 0.1) is 5.41 Å². The van der Waals surface area contributed by atoms with E-state index in [4.69, 9.17) is 11.6 Å². The largest absolute Gasteiger partial charge is 0.380 e. The van der Waals surface area contributed by atoms with Gasteiger partial charge in [-0.25, -0.2) is 0 Å². The number of nitrogens with zero attached hydrogens (tertiary/aromatic N) is 2. The second kappa shape index (κ2) is 5.90. The Morgan fingerprint density at radius 3 is 2.58 bits per heavy atom. The van der Waals surface area contributed by atoms with E-state index in [0.29, 0.717) is 22.0 Å². The first-order chi connectivity index (χ1) is 11.5. The fourth-order valence-corrected chi connectivity index (χ4v) is 4.38. The third-order valence-corrected chi connectivity index (χ3v) is 6.05. The summed E-state index contributed by atoms with van der Waals surface area (Å²) >= 11 is 6.27. The fraction of sp³-hybridized carbons (Fsp3) is 0.611. The molecule has 1 aromatic carbocycles. The van der Waals surface area contributed by atoms with Crippen molar-refractivity contribution < 1.29 is 4.79 Å². The number of hydrogen-bond acceptors (Lipinski definition) is 4. The Balaban J connectivity index is 1.28. The Labute approximate surface area is 148 Å². The molecule has 24 heavy (non-hydrogen) atoms. The predicted molar refractivity (Wildman–Crippen MR) is 96.8 cm³/mol. The third-order valence-electron chi connectivity index (χ3n) is 5.74. The van der Waals surface area contributed by atoms with E-state index in [9.17, 15) is 4.79 Å². The number of anilines is 1. The molecule has 0 bridgehead atoms. The molecule has 3 aliphatic rings. The van der Waals surface area contributed by atoms with Gasteiger partial charge in [0.15, 0.2) is 0 Å². The van der Waals surface area contributed by atoms with Crippen LogP contribution in [0.25, 0.3) is 0 Å². The van der Waals surface area contributed by atoms with Crippen molar-refractivity contribution in [2.45, 2.75) is 24.9 Å². The highest BCUT2D eigenvalue weighted by Gasteiger charge is 2.51. The van der Waals surface area contributed by atoms with Gasteiger partial charge in [-0.05, 0) is 36.5 Å². The highest BCUT2D eigenvalue weighted by atomic mass is 35.5. The van der Waals surface area contributed by atoms with E-state index >= 15 is 0 Å². The molecule has 1 amide bonds. The normalized spacial score (nSPS) is 23.3. The van der Waals surface area contributed by atoms with E-state index in [2.05, 4.69) is 15.5 Å². The molecule has 0 unspecified atom stereocenters. The van der Waals surface area contributed by atoms with Gasteiger partial charge in [-0.1, -0.05) is 11.6 Å². The Morgan fingerprint density at radius 2 is 2.04 bits per heavy atom. The van der Waals surface area contributed by atoms with Crippen LogP contribution < -0.4 is 10.6 Å². The number of likely N-dealkylation sites (tertiary alicyclic amines) is 1. The van der Waals surface area contributed by atoms with Crippen molar-refractivity contribution >= 4 is 23.2 Å². The van der Waals surface area contributed by atoms with Gasteiger partial charge in [0.05, 0.1) is 16.6 Å². The SMILES string of the molecule is CN(C)C(=O)c1ccc(NC2CN(C3CC4(CNC4)C3)C2)cc1Cl. The lowest BCUT2D eigenvalue weighted by atomic mass is 9.61. The molecule has 2 heterocycles. The summed E-state index contributed by atoms with van der Waals surface area (Å²) in [5.74, 6) is -0.0641. The van der Waals surface area contributed by atoms with Crippen molar-refractivity contribution in [3.63, 3.8) is 0 Å². The first-order valence-electron chi connectivity index (χ1n) is 8.68. The fourth-order valence-electron chi connectivity index (χ4n) is 4.12. The molecule has 4 rings (SSSR count). The zero-order valence-corrected chi connectivity index (χ0v) is 15.1. The minimum atomic E-state index is -0.0641. The number of benzene rings is 1. The first-order valence-corrected chi connectivity index (χ1v) is 9.06. The van der Waals surface area contributed by atoms with E-state index < -0.39 is 0 Å². The molecular weight excluding hydrogens is 324 g/mol. The van der Waals surface area contributed by atoms with Crippen molar-refractivity contribution in [1.82, 2.24) is 15.1 Å². The topological polar surface area (TPSA) is 47.6 Å². The van der Waals surface area contributed by atoms with Gasteiger partial charge in [-0.15, -0.1) is 0 Å². The van der Waals surface area contributed by atoms with E-state index in [1.807, 2.05) is 18.2 Å². The van der Waals surface area contributed by atoms with Crippen molar-refractivity contribution in [2.24, 2.45) is 5.41 Å². The summed E-state index contributed by atoms with van der Waals surface area (Å²) in [6.45, 7) is 4.64. The van der Waals surface area contributed by atoms with Gasteiger partial charge in [0.2, 0.25) is 0 Å². The number of carbonyl (C=O) groups is 1. The second-order valence-electron chi connectivity index (χ2n) is 7.85.